The average Bonchev–Trinajstić information content (AvgIpc) is 2.53. The van der Waals surface area contributed by atoms with Crippen LogP contribution in [0.4, 0.5) is 13.2 Å². The van der Waals surface area contributed by atoms with Gasteiger partial charge < -0.3 is 0 Å². The molecule has 0 spiro atoms. The smallest absolute Gasteiger partial charge is 0.295 e. The molecule has 0 heterocycles. The number of rotatable bonds is 5. The highest BCUT2D eigenvalue weighted by atomic mass is 32.2. The maximum Gasteiger partial charge on any atom is 0.416 e. The van der Waals surface area contributed by atoms with E-state index >= 15 is 0 Å². The maximum atomic E-state index is 12.8. The molecular weight excluding hydrogens is 353 g/mol. The normalized spacial score (nSPS) is 13.9. The molecule has 0 fully saturated rings. The number of primary sulfonamides is 1. The summed E-state index contributed by atoms with van der Waals surface area (Å²) in [6, 6.07) is 11.2. The molecule has 2 aromatic carbocycles. The van der Waals surface area contributed by atoms with E-state index in [-0.39, 0.29) is 10.9 Å². The highest BCUT2D eigenvalue weighted by Gasteiger charge is 2.30. The van der Waals surface area contributed by atoms with Crippen LogP contribution in [0, 0.1) is 0 Å². The van der Waals surface area contributed by atoms with Crippen molar-refractivity contribution in [2.75, 3.05) is 7.05 Å². The van der Waals surface area contributed by atoms with Crippen LogP contribution in [0.5, 0.6) is 0 Å². The highest BCUT2D eigenvalue weighted by molar-refractivity contribution is 7.89. The van der Waals surface area contributed by atoms with Gasteiger partial charge in [-0.3, -0.25) is 4.90 Å². The van der Waals surface area contributed by atoms with Crippen LogP contribution in [0.3, 0.4) is 0 Å². The predicted molar refractivity (Wildman–Crippen MR) is 89.1 cm³/mol. The van der Waals surface area contributed by atoms with Crippen LogP contribution in [0.15, 0.2) is 53.4 Å². The molecule has 0 unspecified atom stereocenters. The van der Waals surface area contributed by atoms with Gasteiger partial charge in [-0.1, -0.05) is 30.3 Å². The van der Waals surface area contributed by atoms with E-state index in [1.165, 1.54) is 18.2 Å². The van der Waals surface area contributed by atoms with Gasteiger partial charge in [-0.05, 0) is 43.3 Å². The molecule has 2 aromatic rings. The summed E-state index contributed by atoms with van der Waals surface area (Å²) in [6.45, 7) is 2.21. The van der Waals surface area contributed by atoms with Crippen molar-refractivity contribution in [3.8, 4) is 0 Å². The molecule has 0 amide bonds. The lowest BCUT2D eigenvalue weighted by molar-refractivity contribution is -0.137. The fourth-order valence-electron chi connectivity index (χ4n) is 2.46. The summed E-state index contributed by atoms with van der Waals surface area (Å²) in [5.74, 6) is 0. The average molecular weight is 372 g/mol. The van der Waals surface area contributed by atoms with Crippen molar-refractivity contribution < 1.29 is 21.6 Å². The molecular formula is C17H19F3N2O2S. The fourth-order valence-corrected chi connectivity index (χ4v) is 2.98. The third-order valence-corrected chi connectivity index (χ3v) is 4.97. The van der Waals surface area contributed by atoms with Crippen LogP contribution in [0.25, 0.3) is 0 Å². The summed E-state index contributed by atoms with van der Waals surface area (Å²) < 4.78 is 60.9. The summed E-state index contributed by atoms with van der Waals surface area (Å²) in [4.78, 5) is 1.89. The molecule has 0 aromatic heterocycles. The minimum atomic E-state index is -4.37. The van der Waals surface area contributed by atoms with Gasteiger partial charge in [0.25, 0.3) is 0 Å². The molecule has 0 saturated heterocycles. The Kier molecular flexibility index (Phi) is 5.55. The zero-order valence-electron chi connectivity index (χ0n) is 13.8. The fraction of sp³-hybridized carbons (Fsp3) is 0.294. The van der Waals surface area contributed by atoms with E-state index in [1.807, 2.05) is 11.8 Å². The van der Waals surface area contributed by atoms with Crippen LogP contribution in [-0.2, 0) is 22.7 Å². The molecule has 136 valence electrons. The molecule has 2 rings (SSSR count). The largest absolute Gasteiger partial charge is 0.416 e. The highest BCUT2D eigenvalue weighted by Crippen LogP contribution is 2.30. The molecule has 8 heteroatoms. The Morgan fingerprint density at radius 1 is 1.12 bits per heavy atom. The molecule has 1 atom stereocenters. The van der Waals surface area contributed by atoms with Gasteiger partial charge in [0.15, 0.2) is 0 Å². The number of sulfonamides is 1. The van der Waals surface area contributed by atoms with Crippen molar-refractivity contribution in [1.29, 1.82) is 0 Å². The molecule has 4 nitrogen and oxygen atoms in total. The van der Waals surface area contributed by atoms with Crippen LogP contribution >= 0.6 is 0 Å². The number of halogens is 3. The lowest BCUT2D eigenvalue weighted by Gasteiger charge is -2.25. The Hall–Kier alpha value is -1.90. The third-order valence-electron chi connectivity index (χ3n) is 4.04. The second-order valence-corrected chi connectivity index (χ2v) is 7.46. The maximum absolute atomic E-state index is 12.8. The zero-order valence-corrected chi connectivity index (χ0v) is 14.6. The van der Waals surface area contributed by atoms with E-state index < -0.39 is 21.8 Å². The van der Waals surface area contributed by atoms with Gasteiger partial charge in [0.05, 0.1) is 10.5 Å². The molecule has 0 saturated carbocycles. The van der Waals surface area contributed by atoms with E-state index in [1.54, 1.807) is 25.2 Å². The van der Waals surface area contributed by atoms with Gasteiger partial charge in [0.2, 0.25) is 10.0 Å². The van der Waals surface area contributed by atoms with Gasteiger partial charge in [-0.25, -0.2) is 13.6 Å². The Morgan fingerprint density at radius 3 is 2.24 bits per heavy atom. The predicted octanol–water partition coefficient (Wildman–Crippen LogP) is 3.55. The van der Waals surface area contributed by atoms with Gasteiger partial charge in [-0.15, -0.1) is 0 Å². The number of nitrogens with zero attached hydrogens (tertiary/aromatic N) is 1. The summed E-state index contributed by atoms with van der Waals surface area (Å²) in [7, 11) is -1.96. The van der Waals surface area contributed by atoms with Crippen molar-refractivity contribution in [1.82, 2.24) is 4.90 Å². The van der Waals surface area contributed by atoms with Crippen molar-refractivity contribution >= 4 is 10.0 Å². The molecule has 0 bridgehead atoms. The van der Waals surface area contributed by atoms with Crippen molar-refractivity contribution in [2.45, 2.75) is 30.6 Å². The molecule has 25 heavy (non-hydrogen) atoms. The SMILES string of the molecule is C[C@@H](c1ccc(S(N)(=O)=O)cc1)N(C)Cc1cccc(C(F)(F)F)c1. The molecule has 0 radical (unpaired) electrons. The van der Waals surface area contributed by atoms with Crippen molar-refractivity contribution in [2.24, 2.45) is 5.14 Å². The lowest BCUT2D eigenvalue weighted by Crippen LogP contribution is -2.22. The van der Waals surface area contributed by atoms with Gasteiger partial charge in [0, 0.05) is 12.6 Å². The van der Waals surface area contributed by atoms with Gasteiger partial charge in [0.1, 0.15) is 0 Å². The third kappa shape index (κ3) is 5.04. The first-order chi connectivity index (χ1) is 11.5. The number of alkyl halides is 3. The number of hydrogen-bond donors (Lipinski definition) is 1. The standard InChI is InChI=1S/C17H19F3N2O2S/c1-12(14-6-8-16(9-7-14)25(21,23)24)22(2)11-13-4-3-5-15(10-13)17(18,19)20/h3-10,12H,11H2,1-2H3,(H2,21,23,24)/t12-/m0/s1. The zero-order chi connectivity index (χ0) is 18.8. The second-order valence-electron chi connectivity index (χ2n) is 5.90. The van der Waals surface area contributed by atoms with Gasteiger partial charge >= 0.3 is 6.18 Å². The van der Waals surface area contributed by atoms with E-state index in [4.69, 9.17) is 5.14 Å². The topological polar surface area (TPSA) is 63.4 Å². The molecule has 0 aliphatic rings. The summed E-state index contributed by atoms with van der Waals surface area (Å²) in [5, 5.41) is 5.06. The van der Waals surface area contributed by atoms with E-state index in [0.29, 0.717) is 12.1 Å². The quantitative estimate of drug-likeness (QED) is 0.873. The number of nitrogens with two attached hydrogens (primary N) is 1. The second kappa shape index (κ2) is 7.15. The van der Waals surface area contributed by atoms with E-state index in [0.717, 1.165) is 17.7 Å². The van der Waals surface area contributed by atoms with E-state index in [2.05, 4.69) is 0 Å². The van der Waals surface area contributed by atoms with Crippen molar-refractivity contribution in [3.63, 3.8) is 0 Å². The number of benzene rings is 2. The molecule has 0 aliphatic heterocycles. The van der Waals surface area contributed by atoms with Crippen LogP contribution in [0.1, 0.15) is 29.7 Å². The van der Waals surface area contributed by atoms with Crippen molar-refractivity contribution in [3.05, 3.63) is 65.2 Å². The minimum Gasteiger partial charge on any atom is -0.295 e. The van der Waals surface area contributed by atoms with Crippen LogP contribution < -0.4 is 5.14 Å². The Bertz CT molecular complexity index is 834. The first-order valence-corrected chi connectivity index (χ1v) is 9.02. The summed E-state index contributed by atoms with van der Waals surface area (Å²) in [5.41, 5.74) is 0.704. The number of hydrogen-bond acceptors (Lipinski definition) is 3. The molecule has 2 N–H and O–H groups in total. The summed E-state index contributed by atoms with van der Waals surface area (Å²) in [6.07, 6.45) is -4.37. The summed E-state index contributed by atoms with van der Waals surface area (Å²) >= 11 is 0. The van der Waals surface area contributed by atoms with Crippen LogP contribution in [0.2, 0.25) is 0 Å². The van der Waals surface area contributed by atoms with E-state index in [9.17, 15) is 21.6 Å². The monoisotopic (exact) mass is 372 g/mol. The first kappa shape index (κ1) is 19.4. The first-order valence-electron chi connectivity index (χ1n) is 7.47. The Labute approximate surface area is 145 Å². The minimum absolute atomic E-state index is 0.0176. The Balaban J connectivity index is 2.14. The van der Waals surface area contributed by atoms with Gasteiger partial charge in [-0.2, -0.15) is 13.2 Å². The lowest BCUT2D eigenvalue weighted by atomic mass is 10.1. The Morgan fingerprint density at radius 2 is 1.72 bits per heavy atom. The molecule has 0 aliphatic carbocycles. The van der Waals surface area contributed by atoms with Crippen LogP contribution in [-0.4, -0.2) is 20.4 Å².